The number of aromatic nitrogens is 3. The van der Waals surface area contributed by atoms with Gasteiger partial charge in [-0.3, -0.25) is 4.99 Å². The molecule has 8 nitrogen and oxygen atoms in total. The van der Waals surface area contributed by atoms with Gasteiger partial charge in [-0.1, -0.05) is 19.9 Å². The zero-order valence-corrected chi connectivity index (χ0v) is 14.4. The second-order valence-electron chi connectivity index (χ2n) is 6.47. The standard InChI is InChI=1S/C15H20N6O2S/c1-10(2)5-15(24(17,22)23)6-12(7-18-9-15)11-3-4-13-19-14(16)20-21(13)8-11/h3-4,6-8,10H,5,9H2,1-2H3,(H2,16,20)(H2,17,22,23). The van der Waals surface area contributed by atoms with Crippen LogP contribution in [0.15, 0.2) is 29.4 Å². The number of nitrogens with two attached hydrogens (primary N) is 2. The number of anilines is 1. The molecule has 0 fully saturated rings. The molecule has 0 aliphatic carbocycles. The van der Waals surface area contributed by atoms with Gasteiger partial charge < -0.3 is 5.73 Å². The smallest absolute Gasteiger partial charge is 0.240 e. The highest BCUT2D eigenvalue weighted by molar-refractivity contribution is 7.90. The number of primary sulfonamides is 1. The largest absolute Gasteiger partial charge is 0.366 e. The molecule has 128 valence electrons. The van der Waals surface area contributed by atoms with Gasteiger partial charge in [0.25, 0.3) is 0 Å². The molecule has 1 atom stereocenters. The summed E-state index contributed by atoms with van der Waals surface area (Å²) in [5.41, 5.74) is 7.67. The summed E-state index contributed by atoms with van der Waals surface area (Å²) in [6.07, 6.45) is 5.51. The van der Waals surface area contributed by atoms with E-state index < -0.39 is 14.8 Å². The first kappa shape index (κ1) is 16.6. The van der Waals surface area contributed by atoms with Crippen LogP contribution in [0.25, 0.3) is 11.2 Å². The second kappa shape index (κ2) is 5.67. The maximum atomic E-state index is 12.3. The Balaban J connectivity index is 2.10. The van der Waals surface area contributed by atoms with Crippen molar-refractivity contribution < 1.29 is 8.42 Å². The van der Waals surface area contributed by atoms with Crippen LogP contribution >= 0.6 is 0 Å². The number of dihydropyridines is 1. The maximum Gasteiger partial charge on any atom is 0.240 e. The number of fused-ring (bicyclic) bond motifs is 1. The van der Waals surface area contributed by atoms with Crippen molar-refractivity contribution >= 4 is 33.4 Å². The Morgan fingerprint density at radius 2 is 2.12 bits per heavy atom. The molecule has 9 heteroatoms. The Morgan fingerprint density at radius 3 is 2.79 bits per heavy atom. The Bertz CT molecular complexity index is 944. The van der Waals surface area contributed by atoms with E-state index in [0.29, 0.717) is 17.6 Å². The molecule has 3 heterocycles. The highest BCUT2D eigenvalue weighted by Gasteiger charge is 2.41. The van der Waals surface area contributed by atoms with Crippen molar-refractivity contribution in [3.05, 3.63) is 30.0 Å². The summed E-state index contributed by atoms with van der Waals surface area (Å²) in [6, 6.07) is 3.60. The lowest BCUT2D eigenvalue weighted by Gasteiger charge is -2.31. The third-order valence-corrected chi connectivity index (χ3v) is 5.56. The SMILES string of the molecule is CC(C)CC1(S(N)(=O)=O)C=C(c2ccc3nc(N)nn3c2)C=NC1. The van der Waals surface area contributed by atoms with Crippen molar-refractivity contribution in [3.8, 4) is 0 Å². The number of nitrogens with zero attached hydrogens (tertiary/aromatic N) is 4. The zero-order valence-electron chi connectivity index (χ0n) is 13.5. The van der Waals surface area contributed by atoms with Crippen LogP contribution in [0.1, 0.15) is 25.8 Å². The molecule has 4 N–H and O–H groups in total. The Hall–Kier alpha value is -2.26. The lowest BCUT2D eigenvalue weighted by molar-refractivity contribution is 0.475. The highest BCUT2D eigenvalue weighted by Crippen LogP contribution is 2.32. The van der Waals surface area contributed by atoms with Gasteiger partial charge in [0.2, 0.25) is 16.0 Å². The van der Waals surface area contributed by atoms with Gasteiger partial charge in [-0.05, 0) is 30.0 Å². The monoisotopic (exact) mass is 348 g/mol. The average molecular weight is 348 g/mol. The van der Waals surface area contributed by atoms with Crippen molar-refractivity contribution in [1.29, 1.82) is 0 Å². The number of pyridine rings is 1. The van der Waals surface area contributed by atoms with Crippen molar-refractivity contribution in [3.63, 3.8) is 0 Å². The van der Waals surface area contributed by atoms with Gasteiger partial charge in [0.15, 0.2) is 5.65 Å². The van der Waals surface area contributed by atoms with Gasteiger partial charge in [0, 0.05) is 18.0 Å². The Labute approximate surface area is 140 Å². The quantitative estimate of drug-likeness (QED) is 0.846. The number of allylic oxidation sites excluding steroid dienone is 1. The number of rotatable bonds is 4. The number of hydrogen-bond donors (Lipinski definition) is 2. The number of sulfonamides is 1. The zero-order chi connectivity index (χ0) is 17.5. The number of aliphatic imine (C=N–C) groups is 1. The molecule has 0 radical (unpaired) electrons. The fourth-order valence-electron chi connectivity index (χ4n) is 3.00. The molecular weight excluding hydrogens is 328 g/mol. The van der Waals surface area contributed by atoms with Gasteiger partial charge in [-0.15, -0.1) is 5.10 Å². The first-order chi connectivity index (χ1) is 11.2. The molecule has 1 unspecified atom stereocenters. The van der Waals surface area contributed by atoms with Gasteiger partial charge in [0.05, 0.1) is 6.54 Å². The van der Waals surface area contributed by atoms with Gasteiger partial charge in [-0.25, -0.2) is 18.1 Å². The maximum absolute atomic E-state index is 12.3. The summed E-state index contributed by atoms with van der Waals surface area (Å²) < 4.78 is 24.9. The lowest BCUT2D eigenvalue weighted by atomic mass is 9.91. The van der Waals surface area contributed by atoms with Crippen LogP contribution in [0.3, 0.4) is 0 Å². The highest BCUT2D eigenvalue weighted by atomic mass is 32.2. The van der Waals surface area contributed by atoms with E-state index >= 15 is 0 Å². The fraction of sp³-hybridized carbons (Fsp3) is 0.400. The average Bonchev–Trinajstić information content (AvgIpc) is 2.84. The summed E-state index contributed by atoms with van der Waals surface area (Å²) in [6.45, 7) is 4.05. The minimum atomic E-state index is -3.81. The Morgan fingerprint density at radius 1 is 1.38 bits per heavy atom. The van der Waals surface area contributed by atoms with Crippen molar-refractivity contribution in [2.75, 3.05) is 12.3 Å². The van der Waals surface area contributed by atoms with Crippen molar-refractivity contribution in [2.45, 2.75) is 25.0 Å². The molecule has 24 heavy (non-hydrogen) atoms. The van der Waals surface area contributed by atoms with Gasteiger partial charge in [0.1, 0.15) is 4.75 Å². The van der Waals surface area contributed by atoms with E-state index in [1.807, 2.05) is 19.9 Å². The van der Waals surface area contributed by atoms with E-state index in [4.69, 9.17) is 10.9 Å². The minimum absolute atomic E-state index is 0.131. The minimum Gasteiger partial charge on any atom is -0.366 e. The van der Waals surface area contributed by atoms with Crippen LogP contribution in [-0.4, -0.2) is 40.5 Å². The summed E-state index contributed by atoms with van der Waals surface area (Å²) >= 11 is 0. The molecule has 0 saturated heterocycles. The molecule has 0 saturated carbocycles. The normalized spacial score (nSPS) is 21.4. The topological polar surface area (TPSA) is 129 Å². The van der Waals surface area contributed by atoms with Crippen LogP contribution in [0, 0.1) is 5.92 Å². The van der Waals surface area contributed by atoms with Gasteiger partial charge in [-0.2, -0.15) is 4.98 Å². The van der Waals surface area contributed by atoms with Crippen LogP contribution in [0.5, 0.6) is 0 Å². The predicted octanol–water partition coefficient (Wildman–Crippen LogP) is 0.853. The van der Waals surface area contributed by atoms with Crippen molar-refractivity contribution in [1.82, 2.24) is 14.6 Å². The van der Waals surface area contributed by atoms with E-state index in [0.717, 1.165) is 5.56 Å². The van der Waals surface area contributed by atoms with Crippen LogP contribution in [0.4, 0.5) is 5.95 Å². The Kier molecular flexibility index (Phi) is 3.92. The number of hydrogen-bond acceptors (Lipinski definition) is 6. The first-order valence-corrected chi connectivity index (χ1v) is 9.12. The molecule has 1 aliphatic heterocycles. The predicted molar refractivity (Wildman–Crippen MR) is 94.0 cm³/mol. The van der Waals surface area contributed by atoms with Gasteiger partial charge >= 0.3 is 0 Å². The lowest BCUT2D eigenvalue weighted by Crippen LogP contribution is -2.46. The second-order valence-corrected chi connectivity index (χ2v) is 8.37. The van der Waals surface area contributed by atoms with E-state index in [1.54, 1.807) is 29.1 Å². The molecular formula is C15H20N6O2S. The number of nitrogen functional groups attached to an aromatic ring is 1. The molecule has 2 aromatic heterocycles. The molecule has 0 bridgehead atoms. The third-order valence-electron chi connectivity index (χ3n) is 4.01. The summed E-state index contributed by atoms with van der Waals surface area (Å²) in [7, 11) is -3.81. The van der Waals surface area contributed by atoms with E-state index in [-0.39, 0.29) is 18.4 Å². The van der Waals surface area contributed by atoms with E-state index in [9.17, 15) is 8.42 Å². The summed E-state index contributed by atoms with van der Waals surface area (Å²) in [5.74, 6) is 0.337. The van der Waals surface area contributed by atoms with Crippen LogP contribution in [0.2, 0.25) is 0 Å². The van der Waals surface area contributed by atoms with E-state index in [2.05, 4.69) is 15.1 Å². The molecule has 3 rings (SSSR count). The molecule has 0 aromatic carbocycles. The van der Waals surface area contributed by atoms with Crippen LogP contribution in [-0.2, 0) is 10.0 Å². The first-order valence-electron chi connectivity index (χ1n) is 7.57. The van der Waals surface area contributed by atoms with E-state index in [1.165, 1.54) is 0 Å². The molecule has 0 amide bonds. The molecule has 0 spiro atoms. The summed E-state index contributed by atoms with van der Waals surface area (Å²) in [4.78, 5) is 8.34. The van der Waals surface area contributed by atoms with Crippen LogP contribution < -0.4 is 10.9 Å². The third kappa shape index (κ3) is 2.92. The molecule has 2 aromatic rings. The summed E-state index contributed by atoms with van der Waals surface area (Å²) in [5, 5.41) is 9.61. The van der Waals surface area contributed by atoms with Crippen molar-refractivity contribution in [2.24, 2.45) is 16.0 Å². The molecule has 1 aliphatic rings. The fourth-order valence-corrected chi connectivity index (χ4v) is 4.11.